The van der Waals surface area contributed by atoms with Crippen molar-refractivity contribution in [3.05, 3.63) is 84.0 Å². The fourth-order valence-corrected chi connectivity index (χ4v) is 3.80. The maximum Gasteiger partial charge on any atom is 0.259 e. The molecule has 0 fully saturated rings. The van der Waals surface area contributed by atoms with Crippen LogP contribution in [-0.2, 0) is 6.54 Å². The molecule has 6 rings (SSSR count). The summed E-state index contributed by atoms with van der Waals surface area (Å²) in [6.07, 6.45) is 5.05. The fraction of sp³-hybridized carbons (Fsp3) is 0.100. The van der Waals surface area contributed by atoms with Gasteiger partial charge < -0.3 is 14.3 Å². The monoisotopic (exact) mass is 370 g/mol. The number of nitrogens with zero attached hydrogens (tertiary/aromatic N) is 5. The maximum absolute atomic E-state index is 13.4. The Bertz CT molecular complexity index is 1310. The van der Waals surface area contributed by atoms with Crippen LogP contribution in [0.5, 0.6) is 0 Å². The van der Waals surface area contributed by atoms with Gasteiger partial charge in [0.1, 0.15) is 5.52 Å². The number of H-pyrrole nitrogens is 1. The lowest BCUT2D eigenvalue weighted by molar-refractivity contribution is 0.0698. The third kappa shape index (κ3) is 2.05. The molecule has 4 aromatic heterocycles. The summed E-state index contributed by atoms with van der Waals surface area (Å²) < 4.78 is 7.67. The zero-order valence-electron chi connectivity index (χ0n) is 14.6. The van der Waals surface area contributed by atoms with Gasteiger partial charge in [0.25, 0.3) is 5.91 Å². The summed E-state index contributed by atoms with van der Waals surface area (Å²) in [5.41, 5.74) is 4.38. The largest absolute Gasteiger partial charge is 0.438 e. The first-order valence-electron chi connectivity index (χ1n) is 8.90. The van der Waals surface area contributed by atoms with E-state index in [9.17, 15) is 4.79 Å². The van der Waals surface area contributed by atoms with E-state index in [-0.39, 0.29) is 5.91 Å². The van der Waals surface area contributed by atoms with E-state index < -0.39 is 6.04 Å². The third-order valence-corrected chi connectivity index (χ3v) is 5.11. The highest BCUT2D eigenvalue weighted by Gasteiger charge is 2.41. The van der Waals surface area contributed by atoms with Gasteiger partial charge in [-0.1, -0.05) is 18.2 Å². The normalized spacial score (nSPS) is 16.1. The van der Waals surface area contributed by atoms with Gasteiger partial charge >= 0.3 is 0 Å². The Morgan fingerprint density at radius 1 is 1.18 bits per heavy atom. The SMILES string of the molecule is O=C(c1cnn2ccccc12)N1Cc2[nH]cnc2[C@H]1c1nc2ccccc2o1. The van der Waals surface area contributed by atoms with Gasteiger partial charge in [-0.25, -0.2) is 14.5 Å². The fourth-order valence-electron chi connectivity index (χ4n) is 3.80. The van der Waals surface area contributed by atoms with Crippen molar-refractivity contribution in [1.29, 1.82) is 0 Å². The van der Waals surface area contributed by atoms with Crippen LogP contribution in [-0.4, -0.2) is 35.4 Å². The molecule has 1 amide bonds. The molecule has 28 heavy (non-hydrogen) atoms. The van der Waals surface area contributed by atoms with Crippen LogP contribution in [0.3, 0.4) is 0 Å². The lowest BCUT2D eigenvalue weighted by atomic mass is 10.2. The average molecular weight is 370 g/mol. The molecule has 0 saturated carbocycles. The Labute approximate surface area is 158 Å². The highest BCUT2D eigenvalue weighted by Crippen LogP contribution is 2.38. The van der Waals surface area contributed by atoms with Gasteiger partial charge in [-0.05, 0) is 24.3 Å². The molecule has 1 atom stereocenters. The van der Waals surface area contributed by atoms with E-state index >= 15 is 0 Å². The summed E-state index contributed by atoms with van der Waals surface area (Å²) in [7, 11) is 0. The highest BCUT2D eigenvalue weighted by molar-refractivity contribution is 6.01. The van der Waals surface area contributed by atoms with Crippen LogP contribution in [0.25, 0.3) is 16.6 Å². The second-order valence-corrected chi connectivity index (χ2v) is 6.71. The lowest BCUT2D eigenvalue weighted by Crippen LogP contribution is -2.30. The van der Waals surface area contributed by atoms with Crippen molar-refractivity contribution in [2.45, 2.75) is 12.6 Å². The van der Waals surface area contributed by atoms with Crippen LogP contribution in [0.15, 0.2) is 65.6 Å². The van der Waals surface area contributed by atoms with Crippen LogP contribution >= 0.6 is 0 Å². The molecule has 8 heteroatoms. The van der Waals surface area contributed by atoms with Crippen molar-refractivity contribution in [3.8, 4) is 0 Å². The molecule has 136 valence electrons. The summed E-state index contributed by atoms with van der Waals surface area (Å²) in [6, 6.07) is 12.7. The summed E-state index contributed by atoms with van der Waals surface area (Å²) in [5.74, 6) is 0.316. The first kappa shape index (κ1) is 15.2. The second kappa shape index (κ2) is 5.53. The van der Waals surface area contributed by atoms with Crippen LogP contribution in [0, 0.1) is 0 Å². The summed E-state index contributed by atoms with van der Waals surface area (Å²) in [4.78, 5) is 27.3. The number of carbonyl (C=O) groups excluding carboxylic acids is 1. The predicted molar refractivity (Wildman–Crippen MR) is 99.5 cm³/mol. The number of hydrogen-bond acceptors (Lipinski definition) is 5. The van der Waals surface area contributed by atoms with Gasteiger partial charge in [-0.3, -0.25) is 4.79 Å². The lowest BCUT2D eigenvalue weighted by Gasteiger charge is -2.21. The van der Waals surface area contributed by atoms with Gasteiger partial charge in [0.2, 0.25) is 5.89 Å². The zero-order chi connectivity index (χ0) is 18.7. The van der Waals surface area contributed by atoms with E-state index in [2.05, 4.69) is 20.1 Å². The van der Waals surface area contributed by atoms with Gasteiger partial charge in [0.05, 0.1) is 41.5 Å². The molecule has 0 spiro atoms. The molecule has 1 aliphatic heterocycles. The van der Waals surface area contributed by atoms with Crippen LogP contribution in [0.2, 0.25) is 0 Å². The van der Waals surface area contributed by atoms with Gasteiger partial charge in [0, 0.05) is 6.20 Å². The number of imidazole rings is 1. The van der Waals surface area contributed by atoms with Crippen LogP contribution in [0.1, 0.15) is 33.7 Å². The second-order valence-electron chi connectivity index (χ2n) is 6.71. The molecule has 0 unspecified atom stereocenters. The molecule has 8 nitrogen and oxygen atoms in total. The molecular weight excluding hydrogens is 356 g/mol. The van der Waals surface area contributed by atoms with Crippen molar-refractivity contribution >= 4 is 22.5 Å². The van der Waals surface area contributed by atoms with Crippen LogP contribution in [0.4, 0.5) is 0 Å². The van der Waals surface area contributed by atoms with E-state index in [1.807, 2.05) is 48.7 Å². The van der Waals surface area contributed by atoms with E-state index in [4.69, 9.17) is 4.42 Å². The Hall–Kier alpha value is -3.94. The van der Waals surface area contributed by atoms with Gasteiger partial charge in [0.15, 0.2) is 11.6 Å². The Morgan fingerprint density at radius 3 is 3.00 bits per heavy atom. The predicted octanol–water partition coefficient (Wildman–Crippen LogP) is 2.94. The minimum Gasteiger partial charge on any atom is -0.438 e. The number of rotatable bonds is 2. The minimum absolute atomic E-state index is 0.139. The quantitative estimate of drug-likeness (QED) is 0.516. The first-order chi connectivity index (χ1) is 13.8. The molecule has 0 radical (unpaired) electrons. The standard InChI is InChI=1S/C20H14N6O2/c27-20(12-9-23-26-8-4-3-6-15(12)26)25-10-14-17(22-11-21-14)18(25)19-24-13-5-1-2-7-16(13)28-19/h1-9,11,18H,10H2,(H,21,22)/t18-/m0/s1. The first-order valence-corrected chi connectivity index (χ1v) is 8.90. The summed E-state index contributed by atoms with van der Waals surface area (Å²) in [5, 5.41) is 4.29. The number of benzene rings is 1. The van der Waals surface area contributed by atoms with E-state index in [1.165, 1.54) is 0 Å². The van der Waals surface area contributed by atoms with Crippen molar-refractivity contribution in [1.82, 2.24) is 29.5 Å². The Balaban J connectivity index is 1.48. The summed E-state index contributed by atoms with van der Waals surface area (Å²) >= 11 is 0. The average Bonchev–Trinajstić information content (AvgIpc) is 3.47. The molecule has 1 aromatic carbocycles. The number of fused-ring (bicyclic) bond motifs is 3. The molecular formula is C20H14N6O2. The molecule has 0 bridgehead atoms. The molecule has 0 aliphatic carbocycles. The Kier molecular flexibility index (Phi) is 2.99. The summed E-state index contributed by atoms with van der Waals surface area (Å²) in [6.45, 7) is 0.404. The van der Waals surface area contributed by atoms with Crippen molar-refractivity contribution < 1.29 is 9.21 Å². The number of para-hydroxylation sites is 2. The van der Waals surface area contributed by atoms with Gasteiger partial charge in [-0.15, -0.1) is 0 Å². The highest BCUT2D eigenvalue weighted by atomic mass is 16.4. The third-order valence-electron chi connectivity index (χ3n) is 5.11. The van der Waals surface area contributed by atoms with E-state index in [1.54, 1.807) is 21.9 Å². The number of pyridine rings is 1. The molecule has 5 aromatic rings. The number of aromatic amines is 1. The van der Waals surface area contributed by atoms with Crippen molar-refractivity contribution in [2.75, 3.05) is 0 Å². The smallest absolute Gasteiger partial charge is 0.259 e. The number of aromatic nitrogens is 5. The van der Waals surface area contributed by atoms with Crippen LogP contribution < -0.4 is 0 Å². The molecule has 1 aliphatic rings. The Morgan fingerprint density at radius 2 is 2.07 bits per heavy atom. The molecule has 5 heterocycles. The molecule has 1 N–H and O–H groups in total. The van der Waals surface area contributed by atoms with Crippen molar-refractivity contribution in [2.24, 2.45) is 0 Å². The number of carbonyl (C=O) groups is 1. The van der Waals surface area contributed by atoms with Crippen molar-refractivity contribution in [3.63, 3.8) is 0 Å². The zero-order valence-corrected chi connectivity index (χ0v) is 14.6. The topological polar surface area (TPSA) is 92.3 Å². The maximum atomic E-state index is 13.4. The van der Waals surface area contributed by atoms with Gasteiger partial charge in [-0.2, -0.15) is 5.10 Å². The molecule has 0 saturated heterocycles. The number of hydrogen-bond donors (Lipinski definition) is 1. The number of nitrogens with one attached hydrogen (secondary N) is 1. The number of amides is 1. The minimum atomic E-state index is -0.486. The van der Waals surface area contributed by atoms with E-state index in [0.717, 1.165) is 22.4 Å². The van der Waals surface area contributed by atoms with E-state index in [0.29, 0.717) is 23.6 Å². The number of oxazole rings is 1.